The summed E-state index contributed by atoms with van der Waals surface area (Å²) in [7, 11) is 1.50. The van der Waals surface area contributed by atoms with E-state index in [0.29, 0.717) is 11.3 Å². The third-order valence-corrected chi connectivity index (χ3v) is 1.96. The Morgan fingerprint density at radius 3 is 2.86 bits per heavy atom. The summed E-state index contributed by atoms with van der Waals surface area (Å²) in [6.45, 7) is 1.85. The maximum Gasteiger partial charge on any atom is 0.235 e. The first-order chi connectivity index (χ1) is 6.70. The predicted octanol–water partition coefficient (Wildman–Crippen LogP) is 1.55. The fourth-order valence-electron chi connectivity index (χ4n) is 1.19. The molecule has 0 unspecified atom stereocenters. The number of hydrogen-bond acceptors (Lipinski definition) is 4. The number of rotatable bonds is 3. The number of nitrogens with zero attached hydrogens (tertiary/aromatic N) is 1. The zero-order valence-electron chi connectivity index (χ0n) is 8.07. The van der Waals surface area contributed by atoms with Crippen LogP contribution >= 0.6 is 0 Å². The van der Waals surface area contributed by atoms with Crippen LogP contribution in [0.25, 0.3) is 0 Å². The lowest BCUT2D eigenvalue weighted by molar-refractivity contribution is 0.399. The van der Waals surface area contributed by atoms with Crippen molar-refractivity contribution in [3.8, 4) is 11.5 Å². The Morgan fingerprint density at radius 2 is 2.29 bits per heavy atom. The molecular weight excluding hydrogens is 182 g/mol. The fraction of sp³-hybridized carbons (Fsp3) is 0.300. The van der Waals surface area contributed by atoms with Gasteiger partial charge >= 0.3 is 0 Å². The number of aromatic hydroxyl groups is 1. The highest BCUT2D eigenvalue weighted by molar-refractivity contribution is 5.49. The van der Waals surface area contributed by atoms with Crippen molar-refractivity contribution < 1.29 is 14.6 Å². The number of hydrogen-bond donors (Lipinski definition) is 1. The fourth-order valence-corrected chi connectivity index (χ4v) is 1.19. The van der Waals surface area contributed by atoms with Gasteiger partial charge in [0.2, 0.25) is 6.08 Å². The van der Waals surface area contributed by atoms with Crippen LogP contribution in [0.3, 0.4) is 0 Å². The van der Waals surface area contributed by atoms with Gasteiger partial charge in [-0.2, -0.15) is 0 Å². The van der Waals surface area contributed by atoms with Gasteiger partial charge < -0.3 is 9.84 Å². The molecular formula is C10H11NO3. The maximum absolute atomic E-state index is 9.96. The van der Waals surface area contributed by atoms with Crippen molar-refractivity contribution in [3.05, 3.63) is 23.3 Å². The molecule has 14 heavy (non-hydrogen) atoms. The summed E-state index contributed by atoms with van der Waals surface area (Å²) in [5.74, 6) is 0.635. The van der Waals surface area contributed by atoms with Gasteiger partial charge in [-0.05, 0) is 18.6 Å². The highest BCUT2D eigenvalue weighted by Crippen LogP contribution is 2.31. The Morgan fingerprint density at radius 1 is 1.57 bits per heavy atom. The molecule has 0 aliphatic rings. The van der Waals surface area contributed by atoms with Gasteiger partial charge in [0.15, 0.2) is 0 Å². The summed E-state index contributed by atoms with van der Waals surface area (Å²) < 4.78 is 5.03. The number of isocyanates is 1. The predicted molar refractivity (Wildman–Crippen MR) is 51.2 cm³/mol. The molecule has 1 N–H and O–H groups in total. The molecule has 0 radical (unpaired) electrons. The van der Waals surface area contributed by atoms with Crippen LogP contribution in [0.4, 0.5) is 0 Å². The van der Waals surface area contributed by atoms with Gasteiger partial charge in [0, 0.05) is 0 Å². The third-order valence-electron chi connectivity index (χ3n) is 1.96. The first-order valence-corrected chi connectivity index (χ1v) is 4.09. The van der Waals surface area contributed by atoms with Crippen LogP contribution in [0.15, 0.2) is 17.1 Å². The van der Waals surface area contributed by atoms with E-state index in [1.165, 1.54) is 13.2 Å². The highest BCUT2D eigenvalue weighted by Gasteiger charge is 2.10. The molecule has 74 valence electrons. The summed E-state index contributed by atoms with van der Waals surface area (Å²) in [5.41, 5.74) is 1.23. The lowest BCUT2D eigenvalue weighted by atomic mass is 10.1. The normalized spacial score (nSPS) is 9.29. The largest absolute Gasteiger partial charge is 0.507 e. The highest BCUT2D eigenvalue weighted by atomic mass is 16.5. The number of methoxy groups -OCH3 is 1. The summed E-state index contributed by atoms with van der Waals surface area (Å²) in [6, 6.07) is 3.47. The second-order valence-corrected chi connectivity index (χ2v) is 2.82. The molecule has 0 aliphatic heterocycles. The topological polar surface area (TPSA) is 58.9 Å². The zero-order chi connectivity index (χ0) is 10.6. The van der Waals surface area contributed by atoms with E-state index in [1.54, 1.807) is 19.1 Å². The van der Waals surface area contributed by atoms with Crippen LogP contribution in [0, 0.1) is 6.92 Å². The first-order valence-electron chi connectivity index (χ1n) is 4.09. The number of ether oxygens (including phenoxy) is 1. The number of aliphatic imine (C=N–C) groups is 1. The molecule has 0 aliphatic carbocycles. The molecule has 0 saturated heterocycles. The van der Waals surface area contributed by atoms with Crippen LogP contribution in [0.2, 0.25) is 0 Å². The van der Waals surface area contributed by atoms with E-state index in [9.17, 15) is 9.90 Å². The third kappa shape index (κ3) is 1.92. The van der Waals surface area contributed by atoms with E-state index in [-0.39, 0.29) is 12.3 Å². The Kier molecular flexibility index (Phi) is 3.26. The number of carbonyl (C=O) groups excluding carboxylic acids is 1. The standard InChI is InChI=1S/C10H11NO3/c1-7-3-4-9(14-2)8(10(7)13)5-11-6-12/h3-4,13H,5H2,1-2H3. The summed E-state index contributed by atoms with van der Waals surface area (Å²) in [5, 5.41) is 9.67. The second kappa shape index (κ2) is 4.44. The minimum Gasteiger partial charge on any atom is -0.507 e. The summed E-state index contributed by atoms with van der Waals surface area (Å²) in [6.07, 6.45) is 1.42. The molecule has 0 spiro atoms. The number of benzene rings is 1. The maximum atomic E-state index is 9.96. The van der Waals surface area contributed by atoms with Crippen LogP contribution in [0.5, 0.6) is 11.5 Å². The lowest BCUT2D eigenvalue weighted by Gasteiger charge is -2.09. The van der Waals surface area contributed by atoms with Gasteiger partial charge in [-0.3, -0.25) is 0 Å². The molecule has 1 aromatic rings. The van der Waals surface area contributed by atoms with Crippen molar-refractivity contribution in [2.75, 3.05) is 7.11 Å². The van der Waals surface area contributed by atoms with Gasteiger partial charge in [-0.25, -0.2) is 9.79 Å². The van der Waals surface area contributed by atoms with E-state index in [1.807, 2.05) is 0 Å². The Balaban J connectivity index is 3.20. The molecule has 0 aromatic heterocycles. The van der Waals surface area contributed by atoms with Crippen LogP contribution in [-0.4, -0.2) is 18.3 Å². The number of phenols is 1. The van der Waals surface area contributed by atoms with E-state index in [4.69, 9.17) is 4.74 Å². The average Bonchev–Trinajstić information content (AvgIpc) is 2.20. The SMILES string of the molecule is COc1ccc(C)c(O)c1CN=C=O. The summed E-state index contributed by atoms with van der Waals surface area (Å²) >= 11 is 0. The molecule has 0 fully saturated rings. The zero-order valence-corrected chi connectivity index (χ0v) is 8.07. The van der Waals surface area contributed by atoms with E-state index >= 15 is 0 Å². The van der Waals surface area contributed by atoms with Gasteiger partial charge in [0.25, 0.3) is 0 Å². The molecule has 0 amide bonds. The first kappa shape index (κ1) is 10.3. The van der Waals surface area contributed by atoms with E-state index < -0.39 is 0 Å². The minimum atomic E-state index is 0.0835. The van der Waals surface area contributed by atoms with Crippen molar-refractivity contribution >= 4 is 6.08 Å². The Bertz CT molecular complexity index is 381. The number of phenolic OH excluding ortho intramolecular Hbond substituents is 1. The van der Waals surface area contributed by atoms with Gasteiger partial charge in [0.1, 0.15) is 11.5 Å². The van der Waals surface area contributed by atoms with Gasteiger partial charge in [-0.1, -0.05) is 6.07 Å². The minimum absolute atomic E-state index is 0.0835. The second-order valence-electron chi connectivity index (χ2n) is 2.82. The van der Waals surface area contributed by atoms with E-state index in [0.717, 1.165) is 5.56 Å². The van der Waals surface area contributed by atoms with Crippen molar-refractivity contribution in [2.45, 2.75) is 13.5 Å². The molecule has 0 bridgehead atoms. The van der Waals surface area contributed by atoms with Crippen LogP contribution < -0.4 is 4.74 Å². The lowest BCUT2D eigenvalue weighted by Crippen LogP contribution is -1.93. The average molecular weight is 193 g/mol. The molecule has 1 aromatic carbocycles. The van der Waals surface area contributed by atoms with Crippen LogP contribution in [0.1, 0.15) is 11.1 Å². The Hall–Kier alpha value is -1.80. The van der Waals surface area contributed by atoms with Crippen molar-refractivity contribution in [3.63, 3.8) is 0 Å². The van der Waals surface area contributed by atoms with Crippen LogP contribution in [-0.2, 0) is 11.3 Å². The molecule has 0 heterocycles. The van der Waals surface area contributed by atoms with E-state index in [2.05, 4.69) is 4.99 Å². The molecule has 4 nitrogen and oxygen atoms in total. The van der Waals surface area contributed by atoms with Crippen molar-refractivity contribution in [2.24, 2.45) is 4.99 Å². The monoisotopic (exact) mass is 193 g/mol. The number of aryl methyl sites for hydroxylation is 1. The molecule has 1 rings (SSSR count). The molecule has 0 saturated carbocycles. The Labute approximate surface area is 81.9 Å². The molecule has 0 atom stereocenters. The van der Waals surface area contributed by atoms with Crippen molar-refractivity contribution in [1.29, 1.82) is 0 Å². The quantitative estimate of drug-likeness (QED) is 0.585. The van der Waals surface area contributed by atoms with Gasteiger partial charge in [-0.15, -0.1) is 0 Å². The summed E-state index contributed by atoms with van der Waals surface area (Å²) in [4.78, 5) is 13.4. The van der Waals surface area contributed by atoms with Crippen molar-refractivity contribution in [1.82, 2.24) is 0 Å². The smallest absolute Gasteiger partial charge is 0.235 e. The molecule has 4 heteroatoms. The van der Waals surface area contributed by atoms with Gasteiger partial charge in [0.05, 0.1) is 19.2 Å².